The monoisotopic (exact) mass is 269 g/mol. The van der Waals surface area contributed by atoms with Crippen molar-refractivity contribution in [2.75, 3.05) is 20.1 Å². The number of likely N-dealkylation sites (N-methyl/N-ethyl adjacent to an activating group) is 1. The first-order chi connectivity index (χ1) is 8.95. The highest BCUT2D eigenvalue weighted by Gasteiger charge is 2.31. The molecule has 0 aliphatic heterocycles. The van der Waals surface area contributed by atoms with Gasteiger partial charge in [-0.25, -0.2) is 0 Å². The summed E-state index contributed by atoms with van der Waals surface area (Å²) < 4.78 is 0. The third kappa shape index (κ3) is 5.11. The summed E-state index contributed by atoms with van der Waals surface area (Å²) in [6.45, 7) is 8.22. The van der Waals surface area contributed by atoms with Crippen molar-refractivity contribution < 1.29 is 4.79 Å². The molecule has 1 amide bonds. The maximum Gasteiger partial charge on any atom is 0.224 e. The number of rotatable bonds is 6. The van der Waals surface area contributed by atoms with Gasteiger partial charge in [0.15, 0.2) is 0 Å². The van der Waals surface area contributed by atoms with Gasteiger partial charge in [0.25, 0.3) is 0 Å². The van der Waals surface area contributed by atoms with Crippen LogP contribution in [0.5, 0.6) is 0 Å². The van der Waals surface area contributed by atoms with Crippen LogP contribution in [0.1, 0.15) is 46.5 Å². The molecule has 4 unspecified atom stereocenters. The minimum absolute atomic E-state index is 0.0117. The fourth-order valence-electron chi connectivity index (χ4n) is 2.72. The zero-order chi connectivity index (χ0) is 14.4. The Morgan fingerprint density at radius 3 is 2.79 bits per heavy atom. The highest BCUT2D eigenvalue weighted by Crippen LogP contribution is 2.27. The van der Waals surface area contributed by atoms with E-state index in [1.165, 1.54) is 0 Å². The summed E-state index contributed by atoms with van der Waals surface area (Å²) in [6, 6.07) is 0.609. The lowest BCUT2D eigenvalue weighted by molar-refractivity contribution is -0.127. The molecule has 0 heterocycles. The number of hydrogen-bond donors (Lipinski definition) is 2. The fraction of sp³-hybridized carbons (Fsp3) is 0.933. The van der Waals surface area contributed by atoms with E-state index in [0.29, 0.717) is 12.0 Å². The zero-order valence-electron chi connectivity index (χ0n) is 13.0. The Morgan fingerprint density at radius 1 is 1.47 bits per heavy atom. The Balaban J connectivity index is 2.30. The number of nitrogens with one attached hydrogen (secondary N) is 1. The van der Waals surface area contributed by atoms with Crippen molar-refractivity contribution >= 4 is 5.91 Å². The van der Waals surface area contributed by atoms with E-state index in [0.717, 1.165) is 38.8 Å². The largest absolute Gasteiger partial charge is 0.355 e. The van der Waals surface area contributed by atoms with Crippen molar-refractivity contribution in [1.82, 2.24) is 10.2 Å². The smallest absolute Gasteiger partial charge is 0.224 e. The third-order valence-electron chi connectivity index (χ3n) is 4.61. The lowest BCUT2D eigenvalue weighted by Gasteiger charge is -2.31. The molecule has 0 aromatic heterocycles. The Bertz CT molecular complexity index is 283. The van der Waals surface area contributed by atoms with Crippen molar-refractivity contribution in [3.8, 4) is 0 Å². The second kappa shape index (κ2) is 7.85. The van der Waals surface area contributed by atoms with E-state index in [-0.39, 0.29) is 17.9 Å². The highest BCUT2D eigenvalue weighted by molar-refractivity contribution is 5.79. The first-order valence-electron chi connectivity index (χ1n) is 7.69. The minimum atomic E-state index is 0.0117. The average molecular weight is 269 g/mol. The summed E-state index contributed by atoms with van der Waals surface area (Å²) >= 11 is 0. The van der Waals surface area contributed by atoms with E-state index >= 15 is 0 Å². The summed E-state index contributed by atoms with van der Waals surface area (Å²) in [6.07, 6.45) is 4.21. The van der Waals surface area contributed by atoms with E-state index in [2.05, 4.69) is 38.0 Å². The van der Waals surface area contributed by atoms with Gasteiger partial charge in [-0.05, 0) is 45.6 Å². The van der Waals surface area contributed by atoms with Gasteiger partial charge in [0.2, 0.25) is 5.91 Å². The fourth-order valence-corrected chi connectivity index (χ4v) is 2.72. The molecular weight excluding hydrogens is 238 g/mol. The van der Waals surface area contributed by atoms with Crippen LogP contribution in [0.3, 0.4) is 0 Å². The van der Waals surface area contributed by atoms with Gasteiger partial charge in [-0.1, -0.05) is 13.8 Å². The SMILES string of the molecule is CCC(C)N(C)CCNC(=O)C1CC(C)CCC1N. The molecule has 1 saturated carbocycles. The molecule has 3 N–H and O–H groups in total. The molecule has 1 aliphatic carbocycles. The van der Waals surface area contributed by atoms with E-state index in [4.69, 9.17) is 5.73 Å². The molecule has 4 heteroatoms. The van der Waals surface area contributed by atoms with Gasteiger partial charge in [-0.2, -0.15) is 0 Å². The highest BCUT2D eigenvalue weighted by atomic mass is 16.1. The van der Waals surface area contributed by atoms with Crippen LogP contribution < -0.4 is 11.1 Å². The quantitative estimate of drug-likeness (QED) is 0.770. The number of hydrogen-bond acceptors (Lipinski definition) is 3. The number of carbonyl (C=O) groups excluding carboxylic acids is 1. The van der Waals surface area contributed by atoms with Crippen LogP contribution in [-0.2, 0) is 4.79 Å². The molecule has 1 aliphatic rings. The average Bonchev–Trinajstić information content (AvgIpc) is 2.40. The van der Waals surface area contributed by atoms with Gasteiger partial charge in [0.1, 0.15) is 0 Å². The topological polar surface area (TPSA) is 58.4 Å². The standard InChI is InChI=1S/C15H31N3O/c1-5-12(3)18(4)9-8-17-15(19)13-10-11(2)6-7-14(13)16/h11-14H,5-10,16H2,1-4H3,(H,17,19). The summed E-state index contributed by atoms with van der Waals surface area (Å²) in [5.41, 5.74) is 6.07. The second-order valence-corrected chi connectivity index (χ2v) is 6.22. The van der Waals surface area contributed by atoms with Crippen LogP contribution in [0, 0.1) is 11.8 Å². The molecule has 112 valence electrons. The number of amides is 1. The molecule has 19 heavy (non-hydrogen) atoms. The number of carbonyl (C=O) groups is 1. The van der Waals surface area contributed by atoms with Crippen LogP contribution in [0.2, 0.25) is 0 Å². The van der Waals surface area contributed by atoms with Crippen molar-refractivity contribution in [3.63, 3.8) is 0 Å². The maximum absolute atomic E-state index is 12.2. The Hall–Kier alpha value is -0.610. The van der Waals surface area contributed by atoms with Gasteiger partial charge >= 0.3 is 0 Å². The molecular formula is C15H31N3O. The van der Waals surface area contributed by atoms with E-state index < -0.39 is 0 Å². The molecule has 4 atom stereocenters. The van der Waals surface area contributed by atoms with Crippen LogP contribution in [0.4, 0.5) is 0 Å². The van der Waals surface area contributed by atoms with Gasteiger partial charge in [0, 0.05) is 25.2 Å². The van der Waals surface area contributed by atoms with Crippen LogP contribution >= 0.6 is 0 Å². The Labute approximate surface area is 118 Å². The molecule has 0 aromatic carbocycles. The number of nitrogens with zero attached hydrogens (tertiary/aromatic N) is 1. The lowest BCUT2D eigenvalue weighted by Crippen LogP contribution is -2.47. The molecule has 0 spiro atoms. The summed E-state index contributed by atoms with van der Waals surface area (Å²) in [5.74, 6) is 0.785. The lowest BCUT2D eigenvalue weighted by atomic mass is 9.79. The maximum atomic E-state index is 12.2. The van der Waals surface area contributed by atoms with Crippen LogP contribution in [0.25, 0.3) is 0 Å². The molecule has 4 nitrogen and oxygen atoms in total. The summed E-state index contributed by atoms with van der Waals surface area (Å²) in [5, 5.41) is 3.05. The van der Waals surface area contributed by atoms with Gasteiger partial charge in [-0.3, -0.25) is 4.79 Å². The van der Waals surface area contributed by atoms with Gasteiger partial charge in [-0.15, -0.1) is 0 Å². The normalized spacial score (nSPS) is 29.3. The first-order valence-corrected chi connectivity index (χ1v) is 7.69. The van der Waals surface area contributed by atoms with Gasteiger partial charge < -0.3 is 16.0 Å². The first kappa shape index (κ1) is 16.4. The molecule has 1 rings (SSSR count). The van der Waals surface area contributed by atoms with Crippen molar-refractivity contribution in [2.45, 2.75) is 58.5 Å². The van der Waals surface area contributed by atoms with E-state index in [1.54, 1.807) is 0 Å². The minimum Gasteiger partial charge on any atom is -0.355 e. The Morgan fingerprint density at radius 2 is 2.16 bits per heavy atom. The Kier molecular flexibility index (Phi) is 6.80. The van der Waals surface area contributed by atoms with Crippen LogP contribution in [-0.4, -0.2) is 43.0 Å². The van der Waals surface area contributed by atoms with E-state index in [1.807, 2.05) is 0 Å². The van der Waals surface area contributed by atoms with Crippen molar-refractivity contribution in [1.29, 1.82) is 0 Å². The molecule has 0 radical (unpaired) electrons. The summed E-state index contributed by atoms with van der Waals surface area (Å²) in [7, 11) is 2.11. The summed E-state index contributed by atoms with van der Waals surface area (Å²) in [4.78, 5) is 14.4. The van der Waals surface area contributed by atoms with Gasteiger partial charge in [0.05, 0.1) is 5.92 Å². The third-order valence-corrected chi connectivity index (χ3v) is 4.61. The second-order valence-electron chi connectivity index (χ2n) is 6.22. The molecule has 0 aromatic rings. The van der Waals surface area contributed by atoms with Crippen molar-refractivity contribution in [3.05, 3.63) is 0 Å². The van der Waals surface area contributed by atoms with Crippen LogP contribution in [0.15, 0.2) is 0 Å². The van der Waals surface area contributed by atoms with Crippen molar-refractivity contribution in [2.24, 2.45) is 17.6 Å². The molecule has 1 fully saturated rings. The zero-order valence-corrected chi connectivity index (χ0v) is 13.0. The molecule has 0 saturated heterocycles. The predicted molar refractivity (Wildman–Crippen MR) is 79.9 cm³/mol. The predicted octanol–water partition coefficient (Wildman–Crippen LogP) is 1.60. The van der Waals surface area contributed by atoms with E-state index in [9.17, 15) is 4.79 Å². The molecule has 0 bridgehead atoms. The number of nitrogens with two attached hydrogens (primary N) is 1.